The van der Waals surface area contributed by atoms with Crippen molar-refractivity contribution in [3.8, 4) is 0 Å². The van der Waals surface area contributed by atoms with E-state index < -0.39 is 0 Å². The van der Waals surface area contributed by atoms with Crippen molar-refractivity contribution < 1.29 is 9.90 Å². The zero-order valence-corrected chi connectivity index (χ0v) is 7.18. The molecular formula is C9H15NO2. The quantitative estimate of drug-likeness (QED) is 0.643. The molecule has 0 atom stereocenters. The second-order valence-corrected chi connectivity index (χ2v) is 4.06. The molecule has 0 aromatic heterocycles. The van der Waals surface area contributed by atoms with Crippen molar-refractivity contribution in [1.29, 1.82) is 0 Å². The van der Waals surface area contributed by atoms with Crippen molar-refractivity contribution in [3.63, 3.8) is 0 Å². The second-order valence-electron chi connectivity index (χ2n) is 4.06. The molecule has 2 aliphatic rings. The number of amides is 1. The molecule has 0 saturated heterocycles. The Hall–Kier alpha value is -0.570. The second kappa shape index (κ2) is 2.73. The Bertz CT molecular complexity index is 195. The third-order valence-electron chi connectivity index (χ3n) is 3.02. The first-order valence-corrected chi connectivity index (χ1v) is 4.69. The van der Waals surface area contributed by atoms with Crippen LogP contribution in [0.15, 0.2) is 0 Å². The van der Waals surface area contributed by atoms with Gasteiger partial charge in [0.25, 0.3) is 0 Å². The molecule has 0 radical (unpaired) electrons. The number of rotatable bonds is 3. The van der Waals surface area contributed by atoms with Gasteiger partial charge in [-0.05, 0) is 25.7 Å². The number of aliphatic hydroxyl groups excluding tert-OH is 1. The van der Waals surface area contributed by atoms with Crippen molar-refractivity contribution in [1.82, 2.24) is 5.32 Å². The Morgan fingerprint density at radius 1 is 1.50 bits per heavy atom. The van der Waals surface area contributed by atoms with E-state index in [0.717, 1.165) is 25.7 Å². The first-order chi connectivity index (χ1) is 5.76. The monoisotopic (exact) mass is 169 g/mol. The summed E-state index contributed by atoms with van der Waals surface area (Å²) < 4.78 is 0. The summed E-state index contributed by atoms with van der Waals surface area (Å²) in [7, 11) is 0. The van der Waals surface area contributed by atoms with Gasteiger partial charge in [-0.25, -0.2) is 0 Å². The van der Waals surface area contributed by atoms with Crippen LogP contribution < -0.4 is 5.32 Å². The lowest BCUT2D eigenvalue weighted by Crippen LogP contribution is -2.44. The minimum absolute atomic E-state index is 0.103. The predicted molar refractivity (Wildman–Crippen MR) is 44.5 cm³/mol. The fourth-order valence-corrected chi connectivity index (χ4v) is 1.51. The molecule has 12 heavy (non-hydrogen) atoms. The van der Waals surface area contributed by atoms with Crippen LogP contribution in [-0.4, -0.2) is 23.2 Å². The van der Waals surface area contributed by atoms with Crippen LogP contribution in [0.25, 0.3) is 0 Å². The maximum absolute atomic E-state index is 11.4. The number of hydrogen-bond donors (Lipinski definition) is 2. The predicted octanol–water partition coefficient (Wildman–Crippen LogP) is 0.428. The Labute approximate surface area is 72.2 Å². The molecule has 0 aromatic carbocycles. The largest absolute Gasteiger partial charge is 0.394 e. The number of hydrogen-bond acceptors (Lipinski definition) is 2. The van der Waals surface area contributed by atoms with Crippen LogP contribution in [0.5, 0.6) is 0 Å². The van der Waals surface area contributed by atoms with Crippen molar-refractivity contribution >= 4 is 5.91 Å². The summed E-state index contributed by atoms with van der Waals surface area (Å²) in [4.78, 5) is 11.4. The summed E-state index contributed by atoms with van der Waals surface area (Å²) in [6.45, 7) is 0.103. The van der Waals surface area contributed by atoms with E-state index in [1.54, 1.807) is 0 Å². The molecular weight excluding hydrogens is 154 g/mol. The number of nitrogens with one attached hydrogen (secondary N) is 1. The lowest BCUT2D eigenvalue weighted by Gasteiger charge is -2.26. The van der Waals surface area contributed by atoms with Gasteiger partial charge in [-0.2, -0.15) is 0 Å². The summed E-state index contributed by atoms with van der Waals surface area (Å²) in [6, 6.07) is 0. The number of carbonyl (C=O) groups is 1. The van der Waals surface area contributed by atoms with Crippen LogP contribution in [0.2, 0.25) is 0 Å². The molecule has 0 unspecified atom stereocenters. The van der Waals surface area contributed by atoms with Crippen molar-refractivity contribution in [2.75, 3.05) is 6.61 Å². The van der Waals surface area contributed by atoms with E-state index in [-0.39, 0.29) is 24.0 Å². The minimum Gasteiger partial charge on any atom is -0.394 e. The maximum Gasteiger partial charge on any atom is 0.223 e. The van der Waals surface area contributed by atoms with E-state index in [0.29, 0.717) is 0 Å². The molecule has 3 nitrogen and oxygen atoms in total. The van der Waals surface area contributed by atoms with Crippen LogP contribution >= 0.6 is 0 Å². The van der Waals surface area contributed by atoms with Crippen LogP contribution in [0, 0.1) is 5.92 Å². The average molecular weight is 169 g/mol. The fourth-order valence-electron chi connectivity index (χ4n) is 1.51. The Kier molecular flexibility index (Phi) is 1.83. The first-order valence-electron chi connectivity index (χ1n) is 4.69. The number of aliphatic hydroxyl groups is 1. The van der Waals surface area contributed by atoms with Gasteiger partial charge in [0.05, 0.1) is 12.1 Å². The summed E-state index contributed by atoms with van der Waals surface area (Å²) >= 11 is 0. The van der Waals surface area contributed by atoms with Gasteiger partial charge in [0.2, 0.25) is 5.91 Å². The molecule has 2 fully saturated rings. The summed E-state index contributed by atoms with van der Waals surface area (Å²) in [5, 5.41) is 11.9. The van der Waals surface area contributed by atoms with Gasteiger partial charge >= 0.3 is 0 Å². The van der Waals surface area contributed by atoms with E-state index in [1.165, 1.54) is 6.42 Å². The van der Waals surface area contributed by atoms with Gasteiger partial charge in [-0.3, -0.25) is 4.79 Å². The van der Waals surface area contributed by atoms with Crippen molar-refractivity contribution in [2.24, 2.45) is 5.92 Å². The summed E-state index contributed by atoms with van der Waals surface area (Å²) in [5.74, 6) is 0.404. The Balaban J connectivity index is 1.81. The molecule has 0 spiro atoms. The standard InChI is InChI=1S/C9H15NO2/c11-6-9(4-5-9)10-8(12)7-2-1-3-7/h7,11H,1-6H2,(H,10,12). The minimum atomic E-state index is -0.216. The third-order valence-corrected chi connectivity index (χ3v) is 3.02. The van der Waals surface area contributed by atoms with E-state index >= 15 is 0 Å². The van der Waals surface area contributed by atoms with Gasteiger partial charge in [-0.15, -0.1) is 0 Å². The lowest BCUT2D eigenvalue weighted by atomic mass is 9.84. The van der Waals surface area contributed by atoms with Gasteiger partial charge < -0.3 is 10.4 Å². The van der Waals surface area contributed by atoms with Crippen molar-refractivity contribution in [3.05, 3.63) is 0 Å². The molecule has 2 aliphatic carbocycles. The highest BCUT2D eigenvalue weighted by atomic mass is 16.3. The van der Waals surface area contributed by atoms with Crippen molar-refractivity contribution in [2.45, 2.75) is 37.6 Å². The van der Waals surface area contributed by atoms with Crippen LogP contribution in [-0.2, 0) is 4.79 Å². The zero-order chi connectivity index (χ0) is 8.60. The highest BCUT2D eigenvalue weighted by Crippen LogP contribution is 2.36. The molecule has 0 heterocycles. The molecule has 1 amide bonds. The van der Waals surface area contributed by atoms with E-state index in [4.69, 9.17) is 5.11 Å². The highest BCUT2D eigenvalue weighted by Gasteiger charge is 2.44. The first kappa shape index (κ1) is 8.05. The third kappa shape index (κ3) is 1.33. The van der Waals surface area contributed by atoms with E-state index in [1.807, 2.05) is 0 Å². The van der Waals surface area contributed by atoms with E-state index in [9.17, 15) is 4.79 Å². The Morgan fingerprint density at radius 3 is 2.50 bits per heavy atom. The van der Waals surface area contributed by atoms with Gasteiger partial charge in [0, 0.05) is 5.92 Å². The SMILES string of the molecule is O=C(NC1(CO)CC1)C1CCC1. The summed E-state index contributed by atoms with van der Waals surface area (Å²) in [6.07, 6.45) is 5.15. The molecule has 68 valence electrons. The lowest BCUT2D eigenvalue weighted by molar-refractivity contribution is -0.128. The molecule has 2 N–H and O–H groups in total. The zero-order valence-electron chi connectivity index (χ0n) is 7.18. The molecule has 3 heteroatoms. The number of carbonyl (C=O) groups excluding carboxylic acids is 1. The van der Waals surface area contributed by atoms with Gasteiger partial charge in [0.1, 0.15) is 0 Å². The molecule has 0 bridgehead atoms. The van der Waals surface area contributed by atoms with Crippen LogP contribution in [0.3, 0.4) is 0 Å². The average Bonchev–Trinajstić information content (AvgIpc) is 2.65. The highest BCUT2D eigenvalue weighted by molar-refractivity contribution is 5.80. The van der Waals surface area contributed by atoms with Gasteiger partial charge in [-0.1, -0.05) is 6.42 Å². The summed E-state index contributed by atoms with van der Waals surface area (Å²) in [5.41, 5.74) is -0.216. The normalized spacial score (nSPS) is 26.1. The molecule has 0 aliphatic heterocycles. The van der Waals surface area contributed by atoms with Crippen LogP contribution in [0.4, 0.5) is 0 Å². The Morgan fingerprint density at radius 2 is 2.17 bits per heavy atom. The molecule has 0 aromatic rings. The smallest absolute Gasteiger partial charge is 0.223 e. The maximum atomic E-state index is 11.4. The van der Waals surface area contributed by atoms with E-state index in [2.05, 4.69) is 5.32 Å². The molecule has 2 rings (SSSR count). The molecule has 2 saturated carbocycles. The van der Waals surface area contributed by atoms with Crippen LogP contribution in [0.1, 0.15) is 32.1 Å². The fraction of sp³-hybridized carbons (Fsp3) is 0.889. The topological polar surface area (TPSA) is 49.3 Å². The van der Waals surface area contributed by atoms with Gasteiger partial charge in [0.15, 0.2) is 0 Å².